The van der Waals surface area contributed by atoms with Gasteiger partial charge < -0.3 is 19.9 Å². The summed E-state index contributed by atoms with van der Waals surface area (Å²) in [5, 5.41) is 15.3. The molecule has 0 spiro atoms. The van der Waals surface area contributed by atoms with Crippen molar-refractivity contribution in [1.29, 1.82) is 0 Å². The molecule has 2 aromatic carbocycles. The van der Waals surface area contributed by atoms with E-state index >= 15 is 0 Å². The van der Waals surface area contributed by atoms with Crippen molar-refractivity contribution in [1.82, 2.24) is 4.90 Å². The van der Waals surface area contributed by atoms with E-state index in [-0.39, 0.29) is 24.7 Å². The Morgan fingerprint density at radius 2 is 1.91 bits per heavy atom. The summed E-state index contributed by atoms with van der Waals surface area (Å²) in [6.07, 6.45) is 4.44. The van der Waals surface area contributed by atoms with Crippen molar-refractivity contribution in [2.24, 2.45) is 0 Å². The van der Waals surface area contributed by atoms with Crippen molar-refractivity contribution in [3.63, 3.8) is 0 Å². The van der Waals surface area contributed by atoms with Gasteiger partial charge in [0.2, 0.25) is 5.91 Å². The number of halogens is 2. The molecule has 1 saturated carbocycles. The number of hydrogen-bond donors (Lipinski definition) is 2. The van der Waals surface area contributed by atoms with E-state index in [1.54, 1.807) is 18.2 Å². The molecule has 1 heterocycles. The number of benzene rings is 2. The zero-order chi connectivity index (χ0) is 23.4. The molecule has 33 heavy (non-hydrogen) atoms. The van der Waals surface area contributed by atoms with Crippen LogP contribution >= 0.6 is 23.2 Å². The largest absolute Gasteiger partial charge is 0.490 e. The van der Waals surface area contributed by atoms with Crippen LogP contribution in [0.5, 0.6) is 11.5 Å². The Kier molecular flexibility index (Phi) is 7.69. The van der Waals surface area contributed by atoms with Gasteiger partial charge in [0, 0.05) is 32.1 Å². The minimum Gasteiger partial charge on any atom is -0.490 e. The number of likely N-dealkylation sites (tertiary alicyclic amines) is 1. The third kappa shape index (κ3) is 5.93. The maximum Gasteiger partial charge on any atom is 0.221 e. The minimum absolute atomic E-state index is 0.0383. The highest BCUT2D eigenvalue weighted by Crippen LogP contribution is 2.37. The number of nitrogens with zero attached hydrogens (tertiary/aromatic N) is 1. The molecular weight excluding hydrogens is 463 g/mol. The Labute approximate surface area is 204 Å². The van der Waals surface area contributed by atoms with Crippen molar-refractivity contribution >= 4 is 34.8 Å². The lowest BCUT2D eigenvalue weighted by Crippen LogP contribution is -2.55. The SMILES string of the molecule is CC(=O)Nc1ccccc1OC[C@]1(O)CCC[C@H]1N1CCC(Oc2ccc(Cl)c(Cl)c2)CC1. The van der Waals surface area contributed by atoms with Gasteiger partial charge in [-0.05, 0) is 56.4 Å². The van der Waals surface area contributed by atoms with Crippen molar-refractivity contribution < 1.29 is 19.4 Å². The number of carbonyl (C=O) groups excluding carboxylic acids is 1. The third-order valence-electron chi connectivity index (χ3n) is 6.49. The molecule has 1 aliphatic carbocycles. The maximum atomic E-state index is 11.5. The van der Waals surface area contributed by atoms with Crippen LogP contribution in [0.2, 0.25) is 10.0 Å². The van der Waals surface area contributed by atoms with Gasteiger partial charge in [0.1, 0.15) is 29.8 Å². The first-order valence-electron chi connectivity index (χ1n) is 11.4. The van der Waals surface area contributed by atoms with E-state index in [1.165, 1.54) is 6.92 Å². The van der Waals surface area contributed by atoms with Gasteiger partial charge in [-0.1, -0.05) is 35.3 Å². The summed E-state index contributed by atoms with van der Waals surface area (Å²) in [4.78, 5) is 13.8. The maximum absolute atomic E-state index is 11.5. The molecule has 2 N–H and O–H groups in total. The van der Waals surface area contributed by atoms with Crippen molar-refractivity contribution in [3.8, 4) is 11.5 Å². The molecule has 8 heteroatoms. The van der Waals surface area contributed by atoms with Gasteiger partial charge >= 0.3 is 0 Å². The zero-order valence-corrected chi connectivity index (χ0v) is 20.2. The Balaban J connectivity index is 1.34. The highest BCUT2D eigenvalue weighted by molar-refractivity contribution is 6.42. The van der Waals surface area contributed by atoms with Crippen LogP contribution in [0, 0.1) is 0 Å². The van der Waals surface area contributed by atoms with E-state index in [2.05, 4.69) is 10.2 Å². The van der Waals surface area contributed by atoms with Crippen LogP contribution in [-0.2, 0) is 4.79 Å². The van der Waals surface area contributed by atoms with Gasteiger partial charge in [0.15, 0.2) is 0 Å². The predicted octanol–water partition coefficient (Wildman–Crippen LogP) is 5.16. The molecule has 4 rings (SSSR count). The number of rotatable bonds is 7. The lowest BCUT2D eigenvalue weighted by atomic mass is 9.94. The highest BCUT2D eigenvalue weighted by Gasteiger charge is 2.46. The quantitative estimate of drug-likeness (QED) is 0.558. The Hall–Kier alpha value is -1.99. The van der Waals surface area contributed by atoms with Gasteiger partial charge in [-0.25, -0.2) is 0 Å². The molecule has 1 amide bonds. The molecule has 2 aliphatic rings. The number of ether oxygens (including phenoxy) is 2. The number of para-hydroxylation sites is 2. The van der Waals surface area contributed by atoms with Gasteiger partial charge in [0.05, 0.1) is 15.7 Å². The van der Waals surface area contributed by atoms with Crippen LogP contribution in [0.1, 0.15) is 39.0 Å². The van der Waals surface area contributed by atoms with Gasteiger partial charge in [-0.15, -0.1) is 0 Å². The average Bonchev–Trinajstić information content (AvgIpc) is 3.17. The second kappa shape index (κ2) is 10.5. The highest BCUT2D eigenvalue weighted by atomic mass is 35.5. The van der Waals surface area contributed by atoms with Crippen LogP contribution in [-0.4, -0.2) is 53.4 Å². The first kappa shape index (κ1) is 24.1. The van der Waals surface area contributed by atoms with Crippen LogP contribution < -0.4 is 14.8 Å². The van der Waals surface area contributed by atoms with E-state index in [0.717, 1.165) is 44.5 Å². The lowest BCUT2D eigenvalue weighted by molar-refractivity contribution is -0.114. The second-order valence-electron chi connectivity index (χ2n) is 8.91. The van der Waals surface area contributed by atoms with Crippen LogP contribution in [0.25, 0.3) is 0 Å². The molecule has 2 atom stereocenters. The summed E-state index contributed by atoms with van der Waals surface area (Å²) in [6, 6.07) is 12.7. The number of anilines is 1. The first-order chi connectivity index (χ1) is 15.8. The fourth-order valence-electron chi connectivity index (χ4n) is 4.86. The van der Waals surface area contributed by atoms with E-state index in [1.807, 2.05) is 24.3 Å². The van der Waals surface area contributed by atoms with Crippen molar-refractivity contribution in [3.05, 3.63) is 52.5 Å². The van der Waals surface area contributed by atoms with Crippen molar-refractivity contribution in [2.45, 2.75) is 56.8 Å². The van der Waals surface area contributed by atoms with E-state index in [0.29, 0.717) is 27.9 Å². The summed E-state index contributed by atoms with van der Waals surface area (Å²) in [5.74, 6) is 1.14. The number of carbonyl (C=O) groups is 1. The molecule has 1 aliphatic heterocycles. The van der Waals surface area contributed by atoms with Crippen LogP contribution in [0.15, 0.2) is 42.5 Å². The van der Waals surface area contributed by atoms with Gasteiger partial charge in [-0.2, -0.15) is 0 Å². The average molecular weight is 493 g/mol. The Morgan fingerprint density at radius 3 is 2.64 bits per heavy atom. The molecule has 1 saturated heterocycles. The fourth-order valence-corrected chi connectivity index (χ4v) is 5.15. The molecule has 6 nitrogen and oxygen atoms in total. The molecule has 0 radical (unpaired) electrons. The van der Waals surface area contributed by atoms with Crippen LogP contribution in [0.3, 0.4) is 0 Å². The summed E-state index contributed by atoms with van der Waals surface area (Å²) in [7, 11) is 0. The topological polar surface area (TPSA) is 71.0 Å². The Bertz CT molecular complexity index is 981. The Morgan fingerprint density at radius 1 is 1.15 bits per heavy atom. The summed E-state index contributed by atoms with van der Waals surface area (Å²) < 4.78 is 12.1. The van der Waals surface area contributed by atoms with Crippen molar-refractivity contribution in [2.75, 3.05) is 25.0 Å². The summed E-state index contributed by atoms with van der Waals surface area (Å²) >= 11 is 12.1. The fraction of sp³-hybridized carbons (Fsp3) is 0.480. The van der Waals surface area contributed by atoms with E-state index in [9.17, 15) is 9.90 Å². The first-order valence-corrected chi connectivity index (χ1v) is 12.2. The van der Waals surface area contributed by atoms with Crippen LogP contribution in [0.4, 0.5) is 5.69 Å². The van der Waals surface area contributed by atoms with Gasteiger partial charge in [0.25, 0.3) is 0 Å². The normalized spacial score (nSPS) is 23.9. The molecule has 178 valence electrons. The minimum atomic E-state index is -0.930. The predicted molar refractivity (Wildman–Crippen MR) is 131 cm³/mol. The zero-order valence-electron chi connectivity index (χ0n) is 18.7. The molecule has 0 unspecified atom stereocenters. The lowest BCUT2D eigenvalue weighted by Gasteiger charge is -2.42. The number of aliphatic hydroxyl groups is 1. The van der Waals surface area contributed by atoms with E-state index in [4.69, 9.17) is 32.7 Å². The molecule has 0 aromatic heterocycles. The van der Waals surface area contributed by atoms with Gasteiger partial charge in [-0.3, -0.25) is 9.69 Å². The smallest absolute Gasteiger partial charge is 0.221 e. The second-order valence-corrected chi connectivity index (χ2v) is 9.72. The summed E-state index contributed by atoms with van der Waals surface area (Å²) in [6.45, 7) is 3.35. The standard InChI is InChI=1S/C25H30Cl2N2O4/c1-17(30)28-22-5-2-3-6-23(22)32-16-25(31)12-4-7-24(25)29-13-10-18(11-14-29)33-19-8-9-20(26)21(27)15-19/h2-3,5-6,8-9,15,18,24,31H,4,7,10-14,16H2,1H3,(H,28,30)/t24-,25-/m1/s1. The molecule has 2 aromatic rings. The third-order valence-corrected chi connectivity index (χ3v) is 7.23. The number of piperidine rings is 1. The number of nitrogens with one attached hydrogen (secondary N) is 1. The molecular formula is C25H30Cl2N2O4. The number of amides is 1. The van der Waals surface area contributed by atoms with E-state index < -0.39 is 5.60 Å². The molecule has 0 bridgehead atoms. The monoisotopic (exact) mass is 492 g/mol. The molecule has 2 fully saturated rings. The number of hydrogen-bond acceptors (Lipinski definition) is 5. The summed E-state index contributed by atoms with van der Waals surface area (Å²) in [5.41, 5.74) is -0.316.